The van der Waals surface area contributed by atoms with E-state index in [2.05, 4.69) is 10.2 Å². The Bertz CT molecular complexity index is 1110. The lowest BCUT2D eigenvalue weighted by molar-refractivity contribution is -0.384. The van der Waals surface area contributed by atoms with Crippen LogP contribution in [-0.2, 0) is 4.74 Å². The highest BCUT2D eigenvalue weighted by Gasteiger charge is 2.41. The Labute approximate surface area is 185 Å². The summed E-state index contributed by atoms with van der Waals surface area (Å²) in [5, 5.41) is 18.3. The van der Waals surface area contributed by atoms with Gasteiger partial charge in [0.25, 0.3) is 11.6 Å². The van der Waals surface area contributed by atoms with Crippen molar-refractivity contribution in [3.8, 4) is 17.0 Å². The third-order valence-corrected chi connectivity index (χ3v) is 5.47. The van der Waals surface area contributed by atoms with Gasteiger partial charge in [-0.25, -0.2) is 0 Å². The zero-order valence-electron chi connectivity index (χ0n) is 17.9. The Kier molecular flexibility index (Phi) is 6.18. The van der Waals surface area contributed by atoms with Gasteiger partial charge in [0.1, 0.15) is 11.4 Å². The largest absolute Gasteiger partial charge is 0.494 e. The van der Waals surface area contributed by atoms with Gasteiger partial charge in [-0.1, -0.05) is 12.1 Å². The average molecular weight is 436 g/mol. The second kappa shape index (κ2) is 9.19. The summed E-state index contributed by atoms with van der Waals surface area (Å²) in [7, 11) is 1.63. The zero-order valence-corrected chi connectivity index (χ0v) is 17.9. The molecule has 9 nitrogen and oxygen atoms in total. The van der Waals surface area contributed by atoms with Gasteiger partial charge >= 0.3 is 0 Å². The third kappa shape index (κ3) is 3.94. The van der Waals surface area contributed by atoms with Crippen LogP contribution in [-0.4, -0.2) is 52.8 Å². The highest BCUT2D eigenvalue weighted by atomic mass is 16.6. The number of nitrogens with one attached hydrogen (secondary N) is 1. The average Bonchev–Trinajstić information content (AvgIpc) is 3.34. The first kappa shape index (κ1) is 21.5. The maximum atomic E-state index is 13.2. The molecule has 0 saturated carbocycles. The van der Waals surface area contributed by atoms with E-state index >= 15 is 0 Å². The molecule has 0 saturated heterocycles. The van der Waals surface area contributed by atoms with Gasteiger partial charge in [-0.2, -0.15) is 5.10 Å². The third-order valence-electron chi connectivity index (χ3n) is 5.47. The van der Waals surface area contributed by atoms with E-state index in [-0.39, 0.29) is 17.6 Å². The van der Waals surface area contributed by atoms with Gasteiger partial charge in [0.15, 0.2) is 0 Å². The number of nitro benzene ring substituents is 1. The normalized spacial score (nSPS) is 15.1. The molecule has 32 heavy (non-hydrogen) atoms. The summed E-state index contributed by atoms with van der Waals surface area (Å²) in [6.07, 6.45) is 0.695. The van der Waals surface area contributed by atoms with E-state index in [0.29, 0.717) is 43.1 Å². The van der Waals surface area contributed by atoms with Gasteiger partial charge in [-0.05, 0) is 43.2 Å². The summed E-state index contributed by atoms with van der Waals surface area (Å²) in [5.41, 5.74) is 3.45. The second-order valence-electron chi connectivity index (χ2n) is 7.41. The smallest absolute Gasteiger partial charge is 0.273 e. The van der Waals surface area contributed by atoms with Crippen LogP contribution in [0.25, 0.3) is 11.3 Å². The number of ether oxygens (including phenoxy) is 2. The Hall–Kier alpha value is -3.72. The maximum absolute atomic E-state index is 13.2. The van der Waals surface area contributed by atoms with Crippen LogP contribution in [0.2, 0.25) is 0 Å². The number of amides is 1. The number of non-ortho nitro benzene ring substituents is 1. The van der Waals surface area contributed by atoms with Gasteiger partial charge in [0, 0.05) is 43.5 Å². The minimum absolute atomic E-state index is 0.00117. The number of methoxy groups -OCH3 is 1. The molecule has 0 aliphatic carbocycles. The van der Waals surface area contributed by atoms with Crippen LogP contribution < -0.4 is 4.74 Å². The van der Waals surface area contributed by atoms with Crippen molar-refractivity contribution in [3.05, 3.63) is 75.5 Å². The van der Waals surface area contributed by atoms with E-state index < -0.39 is 4.92 Å². The fourth-order valence-corrected chi connectivity index (χ4v) is 4.03. The predicted molar refractivity (Wildman–Crippen MR) is 118 cm³/mol. The number of rotatable bonds is 9. The molecule has 4 rings (SSSR count). The zero-order chi connectivity index (χ0) is 22.7. The molecule has 1 amide bonds. The van der Waals surface area contributed by atoms with E-state index in [4.69, 9.17) is 9.47 Å². The summed E-state index contributed by atoms with van der Waals surface area (Å²) < 4.78 is 10.7. The van der Waals surface area contributed by atoms with Crippen molar-refractivity contribution in [2.75, 3.05) is 26.9 Å². The Morgan fingerprint density at radius 3 is 2.50 bits per heavy atom. The van der Waals surface area contributed by atoms with Crippen molar-refractivity contribution in [2.24, 2.45) is 0 Å². The molecule has 1 aliphatic heterocycles. The van der Waals surface area contributed by atoms with E-state index in [1.54, 1.807) is 19.2 Å². The molecule has 166 valence electrons. The van der Waals surface area contributed by atoms with Crippen molar-refractivity contribution in [1.29, 1.82) is 0 Å². The number of nitrogens with zero attached hydrogens (tertiary/aromatic N) is 3. The lowest BCUT2D eigenvalue weighted by Gasteiger charge is -2.26. The molecule has 0 radical (unpaired) electrons. The SMILES string of the molecule is CCOc1ccc(C2c3c(-c4ccc([N+](=O)[O-])cc4)n[nH]c3C(=O)N2CCCOC)cc1. The molecule has 1 aromatic heterocycles. The molecule has 3 aromatic rings. The maximum Gasteiger partial charge on any atom is 0.273 e. The highest BCUT2D eigenvalue weighted by molar-refractivity contribution is 6.00. The van der Waals surface area contributed by atoms with E-state index in [1.165, 1.54) is 12.1 Å². The van der Waals surface area contributed by atoms with E-state index in [0.717, 1.165) is 16.9 Å². The minimum atomic E-state index is -0.442. The first-order valence-electron chi connectivity index (χ1n) is 10.4. The fourth-order valence-electron chi connectivity index (χ4n) is 4.03. The molecule has 2 aromatic carbocycles. The molecule has 2 heterocycles. The number of carbonyl (C=O) groups excluding carboxylic acids is 1. The second-order valence-corrected chi connectivity index (χ2v) is 7.41. The molecule has 1 unspecified atom stereocenters. The molecule has 1 aliphatic rings. The van der Waals surface area contributed by atoms with Crippen molar-refractivity contribution < 1.29 is 19.2 Å². The van der Waals surface area contributed by atoms with Crippen LogP contribution in [0.15, 0.2) is 48.5 Å². The number of nitro groups is 1. The lowest BCUT2D eigenvalue weighted by Crippen LogP contribution is -2.31. The molecule has 0 fully saturated rings. The number of carbonyl (C=O) groups is 1. The van der Waals surface area contributed by atoms with Crippen LogP contribution in [0.5, 0.6) is 5.75 Å². The molecule has 0 bridgehead atoms. The number of benzene rings is 2. The van der Waals surface area contributed by atoms with Crippen molar-refractivity contribution in [1.82, 2.24) is 15.1 Å². The molecular weight excluding hydrogens is 412 g/mol. The molecule has 1 N–H and O–H groups in total. The van der Waals surface area contributed by atoms with Crippen LogP contribution in [0.4, 0.5) is 5.69 Å². The Morgan fingerprint density at radius 1 is 1.16 bits per heavy atom. The van der Waals surface area contributed by atoms with Gasteiger partial charge in [0.2, 0.25) is 0 Å². The summed E-state index contributed by atoms with van der Waals surface area (Å²) in [6.45, 7) is 3.56. The van der Waals surface area contributed by atoms with Crippen molar-refractivity contribution in [3.63, 3.8) is 0 Å². The topological polar surface area (TPSA) is 111 Å². The number of hydrogen-bond donors (Lipinski definition) is 1. The number of aromatic amines is 1. The Balaban J connectivity index is 1.76. The van der Waals surface area contributed by atoms with Crippen LogP contribution in [0.1, 0.15) is 41.0 Å². The summed E-state index contributed by atoms with van der Waals surface area (Å²) in [6, 6.07) is 13.5. The molecular formula is C23H24N4O5. The Morgan fingerprint density at radius 2 is 1.88 bits per heavy atom. The van der Waals surface area contributed by atoms with Crippen LogP contribution in [0, 0.1) is 10.1 Å². The van der Waals surface area contributed by atoms with Crippen molar-refractivity contribution >= 4 is 11.6 Å². The minimum Gasteiger partial charge on any atom is -0.494 e. The fraction of sp³-hybridized carbons (Fsp3) is 0.304. The number of fused-ring (bicyclic) bond motifs is 1. The van der Waals surface area contributed by atoms with Gasteiger partial charge in [0.05, 0.1) is 23.3 Å². The first-order valence-corrected chi connectivity index (χ1v) is 10.4. The molecule has 0 spiro atoms. The number of H-pyrrole nitrogens is 1. The van der Waals surface area contributed by atoms with Gasteiger partial charge in [-0.3, -0.25) is 20.0 Å². The summed E-state index contributed by atoms with van der Waals surface area (Å²) in [4.78, 5) is 25.6. The van der Waals surface area contributed by atoms with Crippen LogP contribution >= 0.6 is 0 Å². The summed E-state index contributed by atoms with van der Waals surface area (Å²) in [5.74, 6) is 0.630. The quantitative estimate of drug-likeness (QED) is 0.309. The lowest BCUT2D eigenvalue weighted by atomic mass is 9.96. The predicted octanol–water partition coefficient (Wildman–Crippen LogP) is 3.97. The monoisotopic (exact) mass is 436 g/mol. The number of aromatic nitrogens is 2. The first-order chi connectivity index (χ1) is 15.5. The summed E-state index contributed by atoms with van der Waals surface area (Å²) >= 11 is 0. The molecule has 9 heteroatoms. The van der Waals surface area contributed by atoms with Gasteiger partial charge in [-0.15, -0.1) is 0 Å². The van der Waals surface area contributed by atoms with Crippen LogP contribution in [0.3, 0.4) is 0 Å². The van der Waals surface area contributed by atoms with E-state index in [9.17, 15) is 14.9 Å². The van der Waals surface area contributed by atoms with E-state index in [1.807, 2.05) is 36.1 Å². The molecule has 1 atom stereocenters. The van der Waals surface area contributed by atoms with Crippen molar-refractivity contribution in [2.45, 2.75) is 19.4 Å². The number of hydrogen-bond acceptors (Lipinski definition) is 6. The standard InChI is InChI=1S/C23H24N4O5/c1-3-32-18-11-7-16(8-12-18)22-19-20(15-5-9-17(10-6-15)27(29)30)24-25-21(19)23(28)26(22)13-4-14-31-2/h5-12,22H,3-4,13-14H2,1-2H3,(H,24,25). The highest BCUT2D eigenvalue weighted by Crippen LogP contribution is 2.43. The van der Waals surface area contributed by atoms with Gasteiger partial charge < -0.3 is 14.4 Å².